The molecule has 0 aliphatic heterocycles. The molecule has 1 aromatic carbocycles. The Morgan fingerprint density at radius 2 is 2.29 bits per heavy atom. The number of nitrogens with zero attached hydrogens (tertiary/aromatic N) is 3. The monoisotopic (exact) mass is 303 g/mol. The summed E-state index contributed by atoms with van der Waals surface area (Å²) in [6.07, 6.45) is 2.29. The Balaban J connectivity index is 2.05. The molecule has 0 amide bonds. The van der Waals surface area contributed by atoms with Crippen LogP contribution in [0.1, 0.15) is 49.5 Å². The molecule has 1 saturated carbocycles. The van der Waals surface area contributed by atoms with Crippen molar-refractivity contribution in [1.82, 2.24) is 9.55 Å². The zero-order valence-corrected chi connectivity index (χ0v) is 13.0. The Labute approximate surface area is 129 Å². The minimum absolute atomic E-state index is 0.185. The van der Waals surface area contributed by atoms with Crippen molar-refractivity contribution in [3.63, 3.8) is 0 Å². The molecule has 1 unspecified atom stereocenters. The second-order valence-corrected chi connectivity index (χ2v) is 6.10. The van der Waals surface area contributed by atoms with Gasteiger partial charge in [0.25, 0.3) is 0 Å². The molecule has 1 aromatic heterocycles. The molecule has 0 spiro atoms. The number of fused-ring (bicyclic) bond motifs is 1. The van der Waals surface area contributed by atoms with Crippen molar-refractivity contribution < 1.29 is 4.74 Å². The number of alkyl halides is 1. The first-order valence-corrected chi connectivity index (χ1v) is 7.76. The second kappa shape index (κ2) is 5.67. The van der Waals surface area contributed by atoms with E-state index in [2.05, 4.69) is 15.6 Å². The van der Waals surface area contributed by atoms with Crippen LogP contribution in [-0.2, 0) is 4.74 Å². The Kier molecular flexibility index (Phi) is 3.88. The molecule has 1 aliphatic carbocycles. The van der Waals surface area contributed by atoms with Crippen LogP contribution < -0.4 is 0 Å². The van der Waals surface area contributed by atoms with Gasteiger partial charge in [0.1, 0.15) is 17.4 Å². The van der Waals surface area contributed by atoms with Gasteiger partial charge in [-0.15, -0.1) is 11.6 Å². The first-order valence-electron chi connectivity index (χ1n) is 7.32. The standard InChI is InChI=1S/C16H18ClN3O/c1-3-21-13-7-12(8-13)20-14-6-4-5-11(9-18)15(14)19-16(20)10(2)17/h4-6,10,12-13H,3,7-8H2,1-2H3. The highest BCUT2D eigenvalue weighted by Crippen LogP contribution is 2.40. The highest BCUT2D eigenvalue weighted by molar-refractivity contribution is 6.20. The third-order valence-electron chi connectivity index (χ3n) is 4.06. The van der Waals surface area contributed by atoms with E-state index in [1.54, 1.807) is 6.07 Å². The van der Waals surface area contributed by atoms with Gasteiger partial charge >= 0.3 is 0 Å². The summed E-state index contributed by atoms with van der Waals surface area (Å²) in [5.41, 5.74) is 2.35. The van der Waals surface area contributed by atoms with Crippen LogP contribution >= 0.6 is 11.6 Å². The zero-order chi connectivity index (χ0) is 15.0. The maximum Gasteiger partial charge on any atom is 0.128 e. The summed E-state index contributed by atoms with van der Waals surface area (Å²) < 4.78 is 7.84. The quantitative estimate of drug-likeness (QED) is 0.804. The average molecular weight is 304 g/mol. The number of aromatic nitrogens is 2. The van der Waals surface area contributed by atoms with Crippen molar-refractivity contribution in [3.8, 4) is 6.07 Å². The number of imidazole rings is 1. The fourth-order valence-corrected chi connectivity index (χ4v) is 3.16. The number of rotatable bonds is 4. The Bertz CT molecular complexity index is 695. The molecule has 1 aliphatic rings. The second-order valence-electron chi connectivity index (χ2n) is 5.44. The minimum Gasteiger partial charge on any atom is -0.378 e. The van der Waals surface area contributed by atoms with Crippen molar-refractivity contribution in [2.24, 2.45) is 0 Å². The topological polar surface area (TPSA) is 50.8 Å². The predicted octanol–water partition coefficient (Wildman–Crippen LogP) is 3.95. The van der Waals surface area contributed by atoms with Crippen molar-refractivity contribution in [3.05, 3.63) is 29.6 Å². The highest BCUT2D eigenvalue weighted by atomic mass is 35.5. The summed E-state index contributed by atoms with van der Waals surface area (Å²) in [4.78, 5) is 4.62. The molecule has 2 aromatic rings. The predicted molar refractivity (Wildman–Crippen MR) is 82.4 cm³/mol. The van der Waals surface area contributed by atoms with Gasteiger partial charge in [0, 0.05) is 12.6 Å². The van der Waals surface area contributed by atoms with Crippen LogP contribution in [0.25, 0.3) is 11.0 Å². The lowest BCUT2D eigenvalue weighted by Gasteiger charge is -2.37. The number of ether oxygens (including phenoxy) is 1. The van der Waals surface area contributed by atoms with E-state index in [1.165, 1.54) is 0 Å². The average Bonchev–Trinajstić information content (AvgIpc) is 2.81. The third kappa shape index (κ3) is 2.41. The van der Waals surface area contributed by atoms with E-state index in [0.717, 1.165) is 36.3 Å². The summed E-state index contributed by atoms with van der Waals surface area (Å²) in [5.74, 6) is 0.842. The summed E-state index contributed by atoms with van der Waals surface area (Å²) in [7, 11) is 0. The molecule has 110 valence electrons. The van der Waals surface area contributed by atoms with E-state index in [9.17, 15) is 5.26 Å². The van der Waals surface area contributed by atoms with Gasteiger partial charge in [0.15, 0.2) is 0 Å². The molecule has 1 heterocycles. The van der Waals surface area contributed by atoms with Gasteiger partial charge in [-0.2, -0.15) is 5.26 Å². The highest BCUT2D eigenvalue weighted by Gasteiger charge is 2.34. The first-order chi connectivity index (χ1) is 10.2. The first kappa shape index (κ1) is 14.4. The lowest BCUT2D eigenvalue weighted by Crippen LogP contribution is -2.34. The summed E-state index contributed by atoms with van der Waals surface area (Å²) in [6.45, 7) is 4.69. The smallest absolute Gasteiger partial charge is 0.128 e. The maximum absolute atomic E-state index is 9.24. The molecule has 5 heteroatoms. The molecule has 3 rings (SSSR count). The Morgan fingerprint density at radius 1 is 1.52 bits per heavy atom. The molecule has 0 bridgehead atoms. The maximum atomic E-state index is 9.24. The van der Waals surface area contributed by atoms with Crippen LogP contribution in [0.5, 0.6) is 0 Å². The van der Waals surface area contributed by atoms with E-state index >= 15 is 0 Å². The Morgan fingerprint density at radius 3 is 2.90 bits per heavy atom. The molecular weight excluding hydrogens is 286 g/mol. The Hall–Kier alpha value is -1.57. The van der Waals surface area contributed by atoms with Gasteiger partial charge in [-0.05, 0) is 38.8 Å². The van der Waals surface area contributed by atoms with Crippen molar-refractivity contribution >= 4 is 22.6 Å². The van der Waals surface area contributed by atoms with E-state index in [0.29, 0.717) is 17.7 Å². The molecule has 4 nitrogen and oxygen atoms in total. The van der Waals surface area contributed by atoms with Crippen molar-refractivity contribution in [2.75, 3.05) is 6.61 Å². The van der Waals surface area contributed by atoms with Gasteiger partial charge in [0.2, 0.25) is 0 Å². The SMILES string of the molecule is CCOC1CC(n2c(C(C)Cl)nc3c(C#N)cccc32)C1. The number of nitriles is 1. The largest absolute Gasteiger partial charge is 0.378 e. The lowest BCUT2D eigenvalue weighted by atomic mass is 9.88. The normalized spacial score (nSPS) is 22.8. The molecular formula is C16H18ClN3O. The van der Waals surface area contributed by atoms with E-state index in [-0.39, 0.29) is 5.38 Å². The number of para-hydroxylation sites is 1. The minimum atomic E-state index is -0.185. The van der Waals surface area contributed by atoms with Crippen LogP contribution in [-0.4, -0.2) is 22.3 Å². The molecule has 21 heavy (non-hydrogen) atoms. The van der Waals surface area contributed by atoms with Crippen molar-refractivity contribution in [1.29, 1.82) is 5.26 Å². The van der Waals surface area contributed by atoms with Gasteiger partial charge in [0.05, 0.1) is 22.6 Å². The zero-order valence-electron chi connectivity index (χ0n) is 12.2. The number of hydrogen-bond acceptors (Lipinski definition) is 3. The fourth-order valence-electron chi connectivity index (χ4n) is 3.01. The summed E-state index contributed by atoms with van der Waals surface area (Å²) in [6, 6.07) is 8.28. The van der Waals surface area contributed by atoms with Crippen LogP contribution in [0, 0.1) is 11.3 Å². The molecule has 0 saturated heterocycles. The molecule has 0 radical (unpaired) electrons. The van der Waals surface area contributed by atoms with Crippen LogP contribution in [0.3, 0.4) is 0 Å². The molecule has 1 fully saturated rings. The van der Waals surface area contributed by atoms with Gasteiger partial charge < -0.3 is 9.30 Å². The number of hydrogen-bond donors (Lipinski definition) is 0. The van der Waals surface area contributed by atoms with Crippen molar-refractivity contribution in [2.45, 2.75) is 44.2 Å². The number of halogens is 1. The fraction of sp³-hybridized carbons (Fsp3) is 0.500. The summed E-state index contributed by atoms with van der Waals surface area (Å²) in [5, 5.41) is 9.06. The molecule has 1 atom stereocenters. The third-order valence-corrected chi connectivity index (χ3v) is 4.26. The van der Waals surface area contributed by atoms with Crippen LogP contribution in [0.2, 0.25) is 0 Å². The van der Waals surface area contributed by atoms with Crippen LogP contribution in [0.15, 0.2) is 18.2 Å². The van der Waals surface area contributed by atoms with Gasteiger partial charge in [-0.1, -0.05) is 6.07 Å². The number of benzene rings is 1. The lowest BCUT2D eigenvalue weighted by molar-refractivity contribution is -0.0193. The van der Waals surface area contributed by atoms with Gasteiger partial charge in [-0.3, -0.25) is 0 Å². The van der Waals surface area contributed by atoms with Gasteiger partial charge in [-0.25, -0.2) is 4.98 Å². The summed E-state index contributed by atoms with van der Waals surface area (Å²) >= 11 is 6.30. The van der Waals surface area contributed by atoms with E-state index in [4.69, 9.17) is 16.3 Å². The van der Waals surface area contributed by atoms with E-state index < -0.39 is 0 Å². The van der Waals surface area contributed by atoms with Crippen LogP contribution in [0.4, 0.5) is 0 Å². The van der Waals surface area contributed by atoms with E-state index in [1.807, 2.05) is 26.0 Å². The molecule has 0 N–H and O–H groups in total.